The van der Waals surface area contributed by atoms with Crippen molar-refractivity contribution in [3.63, 3.8) is 0 Å². The van der Waals surface area contributed by atoms with Gasteiger partial charge in [-0.05, 0) is 19.3 Å². The van der Waals surface area contributed by atoms with Gasteiger partial charge in [0.05, 0.1) is 0 Å². The van der Waals surface area contributed by atoms with Gasteiger partial charge in [-0.3, -0.25) is 19.2 Å². The second kappa shape index (κ2) is 29.1. The zero-order valence-corrected chi connectivity index (χ0v) is 27.8. The average molecular weight is 628 g/mol. The van der Waals surface area contributed by atoms with Crippen LogP contribution in [0.2, 0.25) is 0 Å². The number of hydrogen-bond acceptors (Lipinski definition) is 8. The van der Waals surface area contributed by atoms with Crippen molar-refractivity contribution in [2.45, 2.75) is 174 Å². The molecule has 0 aromatic rings. The molecule has 0 rings (SSSR count). The van der Waals surface area contributed by atoms with Crippen LogP contribution in [0.4, 0.5) is 0 Å². The van der Waals surface area contributed by atoms with Crippen LogP contribution in [0, 0.1) is 0 Å². The van der Waals surface area contributed by atoms with Crippen LogP contribution in [0.25, 0.3) is 0 Å². The molecule has 1 atom stereocenters. The van der Waals surface area contributed by atoms with E-state index in [1.807, 2.05) is 0 Å². The van der Waals surface area contributed by atoms with E-state index >= 15 is 0 Å². The zero-order chi connectivity index (χ0) is 32.8. The van der Waals surface area contributed by atoms with Crippen LogP contribution in [0.5, 0.6) is 0 Å². The third-order valence-electron chi connectivity index (χ3n) is 7.42. The van der Waals surface area contributed by atoms with Gasteiger partial charge in [0.25, 0.3) is 0 Å². The fourth-order valence-corrected chi connectivity index (χ4v) is 4.80. The summed E-state index contributed by atoms with van der Waals surface area (Å²) in [5.74, 6) is -3.38. The number of rotatable bonds is 30. The molecule has 0 aromatic heterocycles. The number of carbonyl (C=O) groups is 5. The number of hydrogen-bond donors (Lipinski definition) is 2. The van der Waals surface area contributed by atoms with Gasteiger partial charge in [0.15, 0.2) is 6.10 Å². The summed E-state index contributed by atoms with van der Waals surface area (Å²) in [6.45, 7) is 4.99. The minimum atomic E-state index is -1.19. The van der Waals surface area contributed by atoms with Crippen LogP contribution >= 0.6 is 0 Å². The maximum Gasteiger partial charge on any atom is 0.329 e. The summed E-state index contributed by atoms with van der Waals surface area (Å²) >= 11 is 0. The number of ether oxygens (including phenoxy) is 3. The first kappa shape index (κ1) is 41.4. The maximum atomic E-state index is 12.8. The van der Waals surface area contributed by atoms with Crippen molar-refractivity contribution in [3.05, 3.63) is 0 Å². The molecule has 44 heavy (non-hydrogen) atoms. The molecule has 0 aromatic carbocycles. The van der Waals surface area contributed by atoms with E-state index in [1.54, 1.807) is 0 Å². The first-order chi connectivity index (χ1) is 21.2. The summed E-state index contributed by atoms with van der Waals surface area (Å²) in [4.78, 5) is 60.0. The molecule has 0 aliphatic carbocycles. The predicted octanol–water partition coefficient (Wildman–Crippen LogP) is 7.20. The fourth-order valence-electron chi connectivity index (χ4n) is 4.80. The number of esters is 3. The topological polar surface area (TPSA) is 145 Å². The van der Waals surface area contributed by atoms with Crippen molar-refractivity contribution in [2.24, 2.45) is 0 Å². The van der Waals surface area contributed by atoms with Gasteiger partial charge < -0.3 is 24.6 Å². The van der Waals surface area contributed by atoms with Gasteiger partial charge in [0.2, 0.25) is 5.91 Å². The standard InChI is InChI=1S/C34H61NO9/c1-4-6-8-10-12-14-16-18-20-22-32(39)42-26-29(44-34(41)30(35-28(3)36)24-25-31(37)38)27-43-33(40)23-21-19-17-15-13-11-9-7-5-2/h29-30H,4-27H2,1-3H3,(H,35,36)(H,37,38)/t30-/m0/s1. The highest BCUT2D eigenvalue weighted by atomic mass is 16.6. The Bertz CT molecular complexity index is 749. The molecule has 10 nitrogen and oxygen atoms in total. The van der Waals surface area contributed by atoms with E-state index in [0.29, 0.717) is 12.8 Å². The van der Waals surface area contributed by atoms with Crippen molar-refractivity contribution >= 4 is 29.8 Å². The lowest BCUT2D eigenvalue weighted by atomic mass is 10.1. The Morgan fingerprint density at radius 1 is 0.591 bits per heavy atom. The smallest absolute Gasteiger partial charge is 0.329 e. The highest BCUT2D eigenvalue weighted by Crippen LogP contribution is 2.13. The van der Waals surface area contributed by atoms with Crippen molar-refractivity contribution in [1.82, 2.24) is 5.32 Å². The number of carbonyl (C=O) groups excluding carboxylic acids is 4. The molecule has 0 aliphatic heterocycles. The number of nitrogens with one attached hydrogen (secondary N) is 1. The van der Waals surface area contributed by atoms with Gasteiger partial charge in [-0.2, -0.15) is 0 Å². The number of aliphatic carboxylic acids is 1. The quantitative estimate of drug-likeness (QED) is 0.0480. The second-order valence-electron chi connectivity index (χ2n) is 11.8. The van der Waals surface area contributed by atoms with Gasteiger partial charge in [-0.1, -0.05) is 117 Å². The summed E-state index contributed by atoms with van der Waals surface area (Å²) in [7, 11) is 0. The van der Waals surface area contributed by atoms with Gasteiger partial charge in [0, 0.05) is 26.2 Å². The monoisotopic (exact) mass is 627 g/mol. The van der Waals surface area contributed by atoms with Crippen molar-refractivity contribution in [3.8, 4) is 0 Å². The number of carboxylic acid groups (broad SMARTS) is 1. The highest BCUT2D eigenvalue weighted by molar-refractivity contribution is 5.83. The number of carboxylic acids is 1. The molecule has 0 unspecified atom stereocenters. The second-order valence-corrected chi connectivity index (χ2v) is 11.8. The summed E-state index contributed by atoms with van der Waals surface area (Å²) in [5, 5.41) is 11.4. The molecule has 0 heterocycles. The Kier molecular flexibility index (Phi) is 27.3. The minimum Gasteiger partial charge on any atom is -0.481 e. The summed E-state index contributed by atoms with van der Waals surface area (Å²) in [5.41, 5.74) is 0. The van der Waals surface area contributed by atoms with E-state index < -0.39 is 41.9 Å². The minimum absolute atomic E-state index is 0.169. The molecule has 1 amide bonds. The first-order valence-electron chi connectivity index (χ1n) is 17.2. The van der Waals surface area contributed by atoms with E-state index in [1.165, 1.54) is 71.1 Å². The van der Waals surface area contributed by atoms with E-state index in [0.717, 1.165) is 38.5 Å². The van der Waals surface area contributed by atoms with E-state index in [-0.39, 0.29) is 38.9 Å². The molecule has 0 saturated heterocycles. The summed E-state index contributed by atoms with van der Waals surface area (Å²) < 4.78 is 16.1. The largest absolute Gasteiger partial charge is 0.481 e. The van der Waals surface area contributed by atoms with E-state index in [9.17, 15) is 24.0 Å². The molecule has 0 saturated carbocycles. The first-order valence-corrected chi connectivity index (χ1v) is 17.2. The lowest BCUT2D eigenvalue weighted by Gasteiger charge is -2.22. The lowest BCUT2D eigenvalue weighted by Crippen LogP contribution is -2.44. The van der Waals surface area contributed by atoms with Crippen LogP contribution in [0.3, 0.4) is 0 Å². The molecule has 2 N–H and O–H groups in total. The molecule has 0 aliphatic rings. The molecular formula is C34H61NO9. The third-order valence-corrected chi connectivity index (χ3v) is 7.42. The normalized spacial score (nSPS) is 11.6. The highest BCUT2D eigenvalue weighted by Gasteiger charge is 2.27. The van der Waals surface area contributed by atoms with Crippen molar-refractivity contribution in [2.75, 3.05) is 13.2 Å². The molecular weight excluding hydrogens is 566 g/mol. The SMILES string of the molecule is CCCCCCCCCCCC(=O)OCC(COC(=O)CCCCCCCCCCC)OC(=O)[C@H](CCC(=O)O)NC(C)=O. The van der Waals surface area contributed by atoms with Crippen LogP contribution in [0.15, 0.2) is 0 Å². The molecule has 10 heteroatoms. The Morgan fingerprint density at radius 3 is 1.34 bits per heavy atom. The van der Waals surface area contributed by atoms with Crippen molar-refractivity contribution < 1.29 is 43.3 Å². The van der Waals surface area contributed by atoms with Crippen LogP contribution in [0.1, 0.15) is 162 Å². The Labute approximate surface area is 265 Å². The average Bonchev–Trinajstić information content (AvgIpc) is 2.98. The van der Waals surface area contributed by atoms with E-state index in [2.05, 4.69) is 19.2 Å². The zero-order valence-electron chi connectivity index (χ0n) is 27.8. The van der Waals surface area contributed by atoms with Gasteiger partial charge in [0.1, 0.15) is 19.3 Å². The predicted molar refractivity (Wildman–Crippen MR) is 170 cm³/mol. The van der Waals surface area contributed by atoms with Gasteiger partial charge >= 0.3 is 23.9 Å². The summed E-state index contributed by atoms with van der Waals surface area (Å²) in [6, 6.07) is -1.19. The Balaban J connectivity index is 4.71. The molecule has 0 bridgehead atoms. The van der Waals surface area contributed by atoms with Crippen LogP contribution in [-0.2, 0) is 38.2 Å². The third kappa shape index (κ3) is 26.9. The Morgan fingerprint density at radius 2 is 0.977 bits per heavy atom. The number of unbranched alkanes of at least 4 members (excludes halogenated alkanes) is 16. The molecule has 0 fully saturated rings. The lowest BCUT2D eigenvalue weighted by molar-refractivity contribution is -0.168. The molecule has 256 valence electrons. The van der Waals surface area contributed by atoms with Crippen LogP contribution < -0.4 is 5.32 Å². The van der Waals surface area contributed by atoms with E-state index in [4.69, 9.17) is 19.3 Å². The van der Waals surface area contributed by atoms with Crippen LogP contribution in [-0.4, -0.2) is 60.3 Å². The fraction of sp³-hybridized carbons (Fsp3) is 0.853. The summed E-state index contributed by atoms with van der Waals surface area (Å²) in [6.07, 6.45) is 19.0. The maximum absolute atomic E-state index is 12.8. The molecule has 0 radical (unpaired) electrons. The van der Waals surface area contributed by atoms with Crippen molar-refractivity contribution in [1.29, 1.82) is 0 Å². The Hall–Kier alpha value is -2.65. The van der Waals surface area contributed by atoms with Gasteiger partial charge in [-0.25, -0.2) is 4.79 Å². The number of amides is 1. The molecule has 0 spiro atoms. The van der Waals surface area contributed by atoms with Gasteiger partial charge in [-0.15, -0.1) is 0 Å².